The molecule has 0 aliphatic heterocycles. The van der Waals surface area contributed by atoms with Gasteiger partial charge in [0.2, 0.25) is 5.91 Å². The predicted octanol–water partition coefficient (Wildman–Crippen LogP) is 3.76. The summed E-state index contributed by atoms with van der Waals surface area (Å²) in [5.74, 6) is 1.22. The van der Waals surface area contributed by atoms with E-state index in [1.807, 2.05) is 60.8 Å². The fourth-order valence-electron chi connectivity index (χ4n) is 3.24. The summed E-state index contributed by atoms with van der Waals surface area (Å²) in [6, 6.07) is 18.1. The fraction of sp³-hybridized carbons (Fsp3) is 0.200. The molecule has 2 aromatic carbocycles. The number of nitrogens with one attached hydrogen (secondary N) is 1. The van der Waals surface area contributed by atoms with Crippen LogP contribution in [0, 0.1) is 0 Å². The Morgan fingerprint density at radius 2 is 1.71 bits per heavy atom. The molecule has 0 unspecified atom stereocenters. The first-order chi connectivity index (χ1) is 16.6. The molecule has 4 rings (SSSR count). The first-order valence-electron chi connectivity index (χ1n) is 10.7. The highest BCUT2D eigenvalue weighted by Gasteiger charge is 2.10. The Morgan fingerprint density at radius 3 is 2.41 bits per heavy atom. The largest absolute Gasteiger partial charge is 0.497 e. The van der Waals surface area contributed by atoms with E-state index in [9.17, 15) is 9.59 Å². The van der Waals surface area contributed by atoms with Crippen LogP contribution in [0.25, 0.3) is 21.8 Å². The van der Waals surface area contributed by atoms with Crippen LogP contribution in [0.5, 0.6) is 11.5 Å². The van der Waals surface area contributed by atoms with Gasteiger partial charge in [-0.3, -0.25) is 9.59 Å². The molecule has 4 aromatic rings. The molecule has 8 nitrogen and oxygen atoms in total. The Morgan fingerprint density at radius 1 is 1.00 bits per heavy atom. The summed E-state index contributed by atoms with van der Waals surface area (Å²) in [6.45, 7) is 2.59. The maximum absolute atomic E-state index is 12.5. The zero-order valence-electron chi connectivity index (χ0n) is 18.9. The molecule has 0 atom stereocenters. The van der Waals surface area contributed by atoms with Crippen LogP contribution in [0.2, 0.25) is 0 Å². The van der Waals surface area contributed by atoms with Crippen molar-refractivity contribution in [2.75, 3.05) is 13.7 Å². The van der Waals surface area contributed by atoms with Gasteiger partial charge in [0, 0.05) is 22.6 Å². The number of nitrogens with zero attached hydrogens (tertiary/aromatic N) is 3. The highest BCUT2D eigenvalue weighted by atomic mass is 32.1. The van der Waals surface area contributed by atoms with Crippen LogP contribution in [-0.4, -0.2) is 34.4 Å². The minimum atomic E-state index is -0.347. The van der Waals surface area contributed by atoms with Crippen LogP contribution in [0.3, 0.4) is 0 Å². The monoisotopic (exact) mass is 476 g/mol. The van der Waals surface area contributed by atoms with E-state index in [1.54, 1.807) is 13.2 Å². The third-order valence-electron chi connectivity index (χ3n) is 4.98. The lowest BCUT2D eigenvalue weighted by molar-refractivity contribution is -0.122. The minimum Gasteiger partial charge on any atom is -0.497 e. The average Bonchev–Trinajstić information content (AvgIpc) is 3.34. The van der Waals surface area contributed by atoms with Crippen LogP contribution >= 0.6 is 11.3 Å². The number of hydrogen-bond acceptors (Lipinski definition) is 7. The summed E-state index contributed by atoms with van der Waals surface area (Å²) in [5, 5.41) is 9.91. The SMILES string of the molecule is CCOc1ccc(-c2ccc(=O)n(CC(=O)NCc3csc(-c4ccc(OC)cc4)n3)n2)cc1. The van der Waals surface area contributed by atoms with E-state index >= 15 is 0 Å². The van der Waals surface area contributed by atoms with E-state index < -0.39 is 0 Å². The molecule has 0 saturated heterocycles. The molecule has 34 heavy (non-hydrogen) atoms. The highest BCUT2D eigenvalue weighted by molar-refractivity contribution is 7.13. The summed E-state index contributed by atoms with van der Waals surface area (Å²) in [5.41, 5.74) is 2.79. The van der Waals surface area contributed by atoms with E-state index in [4.69, 9.17) is 9.47 Å². The summed E-state index contributed by atoms with van der Waals surface area (Å²) in [4.78, 5) is 29.3. The Hall–Kier alpha value is -3.98. The van der Waals surface area contributed by atoms with Gasteiger partial charge in [-0.2, -0.15) is 5.10 Å². The van der Waals surface area contributed by atoms with E-state index in [-0.39, 0.29) is 24.6 Å². The number of amides is 1. The van der Waals surface area contributed by atoms with Gasteiger partial charge < -0.3 is 14.8 Å². The predicted molar refractivity (Wildman–Crippen MR) is 131 cm³/mol. The quantitative estimate of drug-likeness (QED) is 0.395. The summed E-state index contributed by atoms with van der Waals surface area (Å²) < 4.78 is 11.8. The van der Waals surface area contributed by atoms with Crippen LogP contribution < -0.4 is 20.3 Å². The Labute approximate surface area is 200 Å². The summed E-state index contributed by atoms with van der Waals surface area (Å²) in [6.07, 6.45) is 0. The van der Waals surface area contributed by atoms with Crippen molar-refractivity contribution in [3.05, 3.63) is 82.1 Å². The Bertz CT molecular complexity index is 1310. The molecule has 0 aliphatic carbocycles. The first-order valence-corrected chi connectivity index (χ1v) is 11.6. The van der Waals surface area contributed by atoms with Crippen molar-refractivity contribution in [1.82, 2.24) is 20.1 Å². The molecule has 0 spiro atoms. The fourth-order valence-corrected chi connectivity index (χ4v) is 4.07. The highest BCUT2D eigenvalue weighted by Crippen LogP contribution is 2.25. The van der Waals surface area contributed by atoms with Gasteiger partial charge in [0.1, 0.15) is 23.1 Å². The normalized spacial score (nSPS) is 10.6. The van der Waals surface area contributed by atoms with Crippen molar-refractivity contribution in [3.63, 3.8) is 0 Å². The standard InChI is InChI=1S/C25H24N4O4S/c1-3-33-21-10-4-17(5-11-21)22-12-13-24(31)29(28-22)15-23(30)26-14-19-16-34-25(27-19)18-6-8-20(32-2)9-7-18/h4-13,16H,3,14-15H2,1-2H3,(H,26,30). The van der Waals surface area contributed by atoms with Gasteiger partial charge in [0.25, 0.3) is 5.56 Å². The molecule has 0 radical (unpaired) electrons. The molecular weight excluding hydrogens is 452 g/mol. The number of benzene rings is 2. The van der Waals surface area contributed by atoms with Gasteiger partial charge in [0.15, 0.2) is 0 Å². The molecule has 0 saturated carbocycles. The lowest BCUT2D eigenvalue weighted by atomic mass is 10.1. The van der Waals surface area contributed by atoms with E-state index in [2.05, 4.69) is 15.4 Å². The van der Waals surface area contributed by atoms with Crippen LogP contribution in [0.4, 0.5) is 0 Å². The van der Waals surface area contributed by atoms with Gasteiger partial charge in [-0.25, -0.2) is 9.67 Å². The number of hydrogen-bond donors (Lipinski definition) is 1. The zero-order chi connectivity index (χ0) is 23.9. The number of carbonyl (C=O) groups is 1. The van der Waals surface area contributed by atoms with Crippen LogP contribution in [0.15, 0.2) is 70.8 Å². The molecule has 9 heteroatoms. The first kappa shape index (κ1) is 23.2. The second-order valence-electron chi connectivity index (χ2n) is 7.32. The number of carbonyl (C=O) groups excluding carboxylic acids is 1. The van der Waals surface area contributed by atoms with Crippen molar-refractivity contribution < 1.29 is 14.3 Å². The molecule has 0 bridgehead atoms. The minimum absolute atomic E-state index is 0.181. The molecule has 174 valence electrons. The van der Waals surface area contributed by atoms with E-state index in [0.717, 1.165) is 38.0 Å². The molecule has 0 aliphatic rings. The number of ether oxygens (including phenoxy) is 2. The molecule has 1 N–H and O–H groups in total. The maximum Gasteiger partial charge on any atom is 0.267 e. The Kier molecular flexibility index (Phi) is 7.34. The summed E-state index contributed by atoms with van der Waals surface area (Å²) in [7, 11) is 1.62. The van der Waals surface area contributed by atoms with E-state index in [0.29, 0.717) is 12.3 Å². The smallest absolute Gasteiger partial charge is 0.267 e. The number of methoxy groups -OCH3 is 1. The van der Waals surface area contributed by atoms with Gasteiger partial charge in [0.05, 0.1) is 31.6 Å². The molecular formula is C25H24N4O4S. The van der Waals surface area contributed by atoms with Crippen molar-refractivity contribution in [2.24, 2.45) is 0 Å². The topological polar surface area (TPSA) is 95.3 Å². The second kappa shape index (κ2) is 10.8. The molecule has 0 fully saturated rings. The van der Waals surface area contributed by atoms with Gasteiger partial charge in [-0.1, -0.05) is 0 Å². The Balaban J connectivity index is 1.38. The third kappa shape index (κ3) is 5.68. The second-order valence-corrected chi connectivity index (χ2v) is 8.18. The number of thiazole rings is 1. The van der Waals surface area contributed by atoms with Gasteiger partial charge >= 0.3 is 0 Å². The van der Waals surface area contributed by atoms with Crippen LogP contribution in [0.1, 0.15) is 12.6 Å². The van der Waals surface area contributed by atoms with Crippen molar-refractivity contribution >= 4 is 17.2 Å². The van der Waals surface area contributed by atoms with Crippen molar-refractivity contribution in [2.45, 2.75) is 20.0 Å². The number of rotatable bonds is 9. The molecule has 2 heterocycles. The molecule has 2 aromatic heterocycles. The third-order valence-corrected chi connectivity index (χ3v) is 5.92. The molecule has 1 amide bonds. The number of aromatic nitrogens is 3. The average molecular weight is 477 g/mol. The van der Waals surface area contributed by atoms with E-state index in [1.165, 1.54) is 17.4 Å². The zero-order valence-corrected chi connectivity index (χ0v) is 19.7. The maximum atomic E-state index is 12.5. The van der Waals surface area contributed by atoms with Gasteiger partial charge in [-0.05, 0) is 61.5 Å². The van der Waals surface area contributed by atoms with Crippen molar-refractivity contribution in [1.29, 1.82) is 0 Å². The van der Waals surface area contributed by atoms with Gasteiger partial charge in [-0.15, -0.1) is 11.3 Å². The lowest BCUT2D eigenvalue weighted by Crippen LogP contribution is -2.33. The summed E-state index contributed by atoms with van der Waals surface area (Å²) >= 11 is 1.50. The van der Waals surface area contributed by atoms with Crippen molar-refractivity contribution in [3.8, 4) is 33.3 Å². The lowest BCUT2D eigenvalue weighted by Gasteiger charge is -2.08. The van der Waals surface area contributed by atoms with Crippen LogP contribution in [-0.2, 0) is 17.9 Å².